The topological polar surface area (TPSA) is 94.1 Å². The number of nitrogens with zero attached hydrogens (tertiary/aromatic N) is 2. The number of pyridine rings is 1. The summed E-state index contributed by atoms with van der Waals surface area (Å²) in [6.45, 7) is 3.64. The molecule has 122 valence electrons. The third-order valence-electron chi connectivity index (χ3n) is 3.67. The highest BCUT2D eigenvalue weighted by molar-refractivity contribution is 5.93. The summed E-state index contributed by atoms with van der Waals surface area (Å²) in [5, 5.41) is 7.05. The number of aromatic nitrogens is 3. The second kappa shape index (κ2) is 6.11. The molecule has 0 amide bonds. The van der Waals surface area contributed by atoms with Crippen molar-refractivity contribution in [3.63, 3.8) is 0 Å². The predicted octanol–water partition coefficient (Wildman–Crippen LogP) is 1.56. The molecule has 3 aromatic rings. The Balaban J connectivity index is 2.30. The molecule has 1 N–H and O–H groups in total. The molecule has 3 rings (SSSR count). The molecule has 7 heteroatoms. The van der Waals surface area contributed by atoms with Crippen molar-refractivity contribution in [2.45, 2.75) is 13.8 Å². The molecule has 0 aliphatic rings. The number of hydrogen-bond acceptors (Lipinski definition) is 5. The number of carbonyl (C=O) groups excluding carboxylic acids is 1. The number of hydrogen-bond donors (Lipinski definition) is 1. The lowest BCUT2D eigenvalue weighted by Crippen LogP contribution is -2.22. The second-order valence-corrected chi connectivity index (χ2v) is 5.18. The number of aryl methyl sites for hydroxylation is 1. The van der Waals surface area contributed by atoms with Gasteiger partial charge in [-0.2, -0.15) is 5.10 Å². The fourth-order valence-electron chi connectivity index (χ4n) is 2.52. The molecular weight excluding hydrogens is 310 g/mol. The number of benzene rings is 1. The lowest BCUT2D eigenvalue weighted by molar-refractivity contribution is 0.0526. The first-order chi connectivity index (χ1) is 11.5. The van der Waals surface area contributed by atoms with E-state index < -0.39 is 11.5 Å². The largest absolute Gasteiger partial charge is 0.462 e. The summed E-state index contributed by atoms with van der Waals surface area (Å²) in [4.78, 5) is 36.6. The summed E-state index contributed by atoms with van der Waals surface area (Å²) < 4.78 is 6.30. The Morgan fingerprint density at radius 3 is 2.75 bits per heavy atom. The number of para-hydroxylation sites is 1. The molecule has 1 aromatic carbocycles. The van der Waals surface area contributed by atoms with E-state index >= 15 is 0 Å². The molecule has 0 atom stereocenters. The Morgan fingerprint density at radius 2 is 2.00 bits per heavy atom. The van der Waals surface area contributed by atoms with Crippen LogP contribution in [0.4, 0.5) is 0 Å². The van der Waals surface area contributed by atoms with Crippen LogP contribution < -0.4 is 11.1 Å². The van der Waals surface area contributed by atoms with Gasteiger partial charge in [0, 0.05) is 17.6 Å². The van der Waals surface area contributed by atoms with E-state index in [1.807, 2.05) is 0 Å². The van der Waals surface area contributed by atoms with E-state index in [1.54, 1.807) is 38.1 Å². The number of fused-ring (bicyclic) bond motifs is 1. The van der Waals surface area contributed by atoms with Gasteiger partial charge in [0.15, 0.2) is 0 Å². The van der Waals surface area contributed by atoms with Crippen LogP contribution in [0.2, 0.25) is 0 Å². The number of rotatable bonds is 3. The van der Waals surface area contributed by atoms with E-state index in [0.29, 0.717) is 22.2 Å². The summed E-state index contributed by atoms with van der Waals surface area (Å²) in [6, 6.07) is 7.93. The zero-order valence-corrected chi connectivity index (χ0v) is 13.2. The Kier molecular flexibility index (Phi) is 3.99. The molecule has 2 aromatic heterocycles. The molecule has 0 aliphatic heterocycles. The van der Waals surface area contributed by atoms with Crippen LogP contribution >= 0.6 is 0 Å². The van der Waals surface area contributed by atoms with Crippen molar-refractivity contribution < 1.29 is 9.53 Å². The van der Waals surface area contributed by atoms with Gasteiger partial charge in [-0.05, 0) is 26.0 Å². The molecule has 0 bridgehead atoms. The lowest BCUT2D eigenvalue weighted by atomic mass is 10.1. The molecule has 0 aliphatic carbocycles. The lowest BCUT2D eigenvalue weighted by Gasteiger charge is -2.12. The van der Waals surface area contributed by atoms with Crippen LogP contribution in [0.1, 0.15) is 23.0 Å². The van der Waals surface area contributed by atoms with Crippen molar-refractivity contribution in [1.29, 1.82) is 0 Å². The Morgan fingerprint density at radius 1 is 1.25 bits per heavy atom. The number of esters is 1. The highest BCUT2D eigenvalue weighted by Gasteiger charge is 2.15. The maximum absolute atomic E-state index is 12.5. The van der Waals surface area contributed by atoms with Crippen LogP contribution in [-0.4, -0.2) is 27.3 Å². The van der Waals surface area contributed by atoms with Gasteiger partial charge in [0.05, 0.1) is 28.9 Å². The monoisotopic (exact) mass is 325 g/mol. The molecule has 0 spiro atoms. The van der Waals surface area contributed by atoms with E-state index in [9.17, 15) is 14.4 Å². The first-order valence-electron chi connectivity index (χ1n) is 7.41. The average molecular weight is 325 g/mol. The first kappa shape index (κ1) is 15.7. The van der Waals surface area contributed by atoms with Gasteiger partial charge in [-0.25, -0.2) is 9.89 Å². The summed E-state index contributed by atoms with van der Waals surface area (Å²) in [5.41, 5.74) is 0.389. The molecule has 0 unspecified atom stereocenters. The molecule has 2 heterocycles. The number of carbonyl (C=O) groups is 1. The molecule has 0 saturated heterocycles. The first-order valence-corrected chi connectivity index (χ1v) is 7.41. The second-order valence-electron chi connectivity index (χ2n) is 5.18. The number of H-pyrrole nitrogens is 1. The van der Waals surface area contributed by atoms with Crippen LogP contribution in [0.5, 0.6) is 0 Å². The van der Waals surface area contributed by atoms with Crippen LogP contribution in [0.15, 0.2) is 46.1 Å². The van der Waals surface area contributed by atoms with Gasteiger partial charge in [-0.1, -0.05) is 12.1 Å². The summed E-state index contributed by atoms with van der Waals surface area (Å²) in [5.74, 6) is -0.528. The molecule has 0 radical (unpaired) electrons. The van der Waals surface area contributed by atoms with Crippen molar-refractivity contribution >= 4 is 16.7 Å². The van der Waals surface area contributed by atoms with Crippen molar-refractivity contribution in [3.8, 4) is 5.69 Å². The summed E-state index contributed by atoms with van der Waals surface area (Å²) >= 11 is 0. The van der Waals surface area contributed by atoms with Crippen molar-refractivity contribution in [2.75, 3.05) is 6.61 Å². The highest BCUT2D eigenvalue weighted by atomic mass is 16.5. The summed E-state index contributed by atoms with van der Waals surface area (Å²) in [6.07, 6.45) is 1.42. The summed E-state index contributed by atoms with van der Waals surface area (Å²) in [7, 11) is 0. The molecule has 0 saturated carbocycles. The van der Waals surface area contributed by atoms with Crippen LogP contribution in [0, 0.1) is 6.92 Å². The fourth-order valence-corrected chi connectivity index (χ4v) is 2.52. The Labute approximate surface area is 136 Å². The smallest absolute Gasteiger partial charge is 0.340 e. The van der Waals surface area contributed by atoms with Gasteiger partial charge in [0.1, 0.15) is 0 Å². The average Bonchev–Trinajstić information content (AvgIpc) is 2.58. The van der Waals surface area contributed by atoms with E-state index in [1.165, 1.54) is 16.8 Å². The van der Waals surface area contributed by atoms with Crippen LogP contribution in [0.3, 0.4) is 0 Å². The van der Waals surface area contributed by atoms with Crippen molar-refractivity contribution in [2.24, 2.45) is 0 Å². The van der Waals surface area contributed by atoms with Crippen LogP contribution in [-0.2, 0) is 4.74 Å². The predicted molar refractivity (Wildman–Crippen MR) is 88.7 cm³/mol. The number of aromatic amines is 1. The fraction of sp³-hybridized carbons (Fsp3) is 0.176. The van der Waals surface area contributed by atoms with Gasteiger partial charge in [0.25, 0.3) is 11.1 Å². The van der Waals surface area contributed by atoms with E-state index in [0.717, 1.165) is 0 Å². The third kappa shape index (κ3) is 2.60. The SMILES string of the molecule is CCOC(=O)c1ccccc1-n1cc2c(=O)[nH]nc(C)c2cc1=O. The van der Waals surface area contributed by atoms with Gasteiger partial charge >= 0.3 is 5.97 Å². The third-order valence-corrected chi connectivity index (χ3v) is 3.67. The van der Waals surface area contributed by atoms with Gasteiger partial charge < -0.3 is 4.74 Å². The zero-order valence-electron chi connectivity index (χ0n) is 13.2. The van der Waals surface area contributed by atoms with Crippen molar-refractivity contribution in [1.82, 2.24) is 14.8 Å². The van der Waals surface area contributed by atoms with E-state index in [2.05, 4.69) is 10.2 Å². The van der Waals surface area contributed by atoms with E-state index in [4.69, 9.17) is 4.74 Å². The Bertz CT molecular complexity index is 1050. The van der Waals surface area contributed by atoms with Gasteiger partial charge in [-0.3, -0.25) is 14.2 Å². The van der Waals surface area contributed by atoms with Gasteiger partial charge in [0.2, 0.25) is 0 Å². The Hall–Kier alpha value is -3.22. The minimum atomic E-state index is -0.528. The molecule has 7 nitrogen and oxygen atoms in total. The number of nitrogens with one attached hydrogen (secondary N) is 1. The molecular formula is C17H15N3O4. The highest BCUT2D eigenvalue weighted by Crippen LogP contribution is 2.17. The molecule has 0 fully saturated rings. The van der Waals surface area contributed by atoms with Crippen LogP contribution in [0.25, 0.3) is 16.5 Å². The van der Waals surface area contributed by atoms with E-state index in [-0.39, 0.29) is 17.7 Å². The minimum Gasteiger partial charge on any atom is -0.462 e. The maximum Gasteiger partial charge on any atom is 0.340 e. The molecule has 24 heavy (non-hydrogen) atoms. The maximum atomic E-state index is 12.5. The zero-order chi connectivity index (χ0) is 17.3. The number of ether oxygens (including phenoxy) is 1. The quantitative estimate of drug-likeness (QED) is 0.738. The normalized spacial score (nSPS) is 10.8. The minimum absolute atomic E-state index is 0.227. The van der Waals surface area contributed by atoms with Gasteiger partial charge in [-0.15, -0.1) is 0 Å². The standard InChI is InChI=1S/C17H15N3O4/c1-3-24-17(23)11-6-4-5-7-14(11)20-9-13-12(8-15(20)21)10(2)18-19-16(13)22/h4-9H,3H2,1-2H3,(H,19,22). The van der Waals surface area contributed by atoms with Crippen molar-refractivity contribution in [3.05, 3.63) is 68.5 Å².